The van der Waals surface area contributed by atoms with Gasteiger partial charge in [-0.05, 0) is 20.4 Å². The number of urea groups is 1. The Hall–Kier alpha value is -1.93. The minimum atomic E-state index is -0.169. The molecule has 2 aliphatic rings. The van der Waals surface area contributed by atoms with Gasteiger partial charge in [-0.3, -0.25) is 9.69 Å². The smallest absolute Gasteiger partial charge is 0.318 e. The van der Waals surface area contributed by atoms with E-state index in [4.69, 9.17) is 4.74 Å². The number of carbonyl (C=O) groups is 1. The molecule has 0 saturated carbocycles. The predicted molar refractivity (Wildman–Crippen MR) is 88.7 cm³/mol. The highest BCUT2D eigenvalue weighted by atomic mass is 16.5. The zero-order valence-electron chi connectivity index (χ0n) is 14.5. The van der Waals surface area contributed by atoms with Gasteiger partial charge in [0.1, 0.15) is 5.82 Å². The maximum absolute atomic E-state index is 12.6. The Labute approximate surface area is 141 Å². The third-order valence-corrected chi connectivity index (χ3v) is 4.67. The van der Waals surface area contributed by atoms with Gasteiger partial charge in [-0.25, -0.2) is 9.78 Å². The number of nitrogens with zero attached hydrogens (tertiary/aromatic N) is 3. The molecule has 8 heteroatoms. The topological polar surface area (TPSA) is 90.6 Å². The maximum Gasteiger partial charge on any atom is 0.318 e. The SMILES string of the molecule is CCO[C@H]1CN(CC)C[C@@H]1NC(=O)N1Cc2nc(C)[nH]c(=O)c2C1. The molecule has 2 amide bonds. The molecule has 2 atom stereocenters. The van der Waals surface area contributed by atoms with Crippen molar-refractivity contribution in [1.82, 2.24) is 25.1 Å². The van der Waals surface area contributed by atoms with Crippen LogP contribution in [0.2, 0.25) is 0 Å². The number of aromatic amines is 1. The summed E-state index contributed by atoms with van der Waals surface area (Å²) in [6.45, 7) is 9.65. The second-order valence-corrected chi connectivity index (χ2v) is 6.33. The van der Waals surface area contributed by atoms with Crippen molar-refractivity contribution in [2.75, 3.05) is 26.2 Å². The van der Waals surface area contributed by atoms with Gasteiger partial charge in [-0.15, -0.1) is 0 Å². The lowest BCUT2D eigenvalue weighted by atomic mass is 10.2. The average Bonchev–Trinajstić information content (AvgIpc) is 3.12. The van der Waals surface area contributed by atoms with E-state index in [1.54, 1.807) is 11.8 Å². The van der Waals surface area contributed by atoms with Gasteiger partial charge in [0, 0.05) is 19.7 Å². The molecule has 0 radical (unpaired) electrons. The van der Waals surface area contributed by atoms with Crippen molar-refractivity contribution in [3.05, 3.63) is 27.4 Å². The van der Waals surface area contributed by atoms with Gasteiger partial charge >= 0.3 is 6.03 Å². The Kier molecular flexibility index (Phi) is 4.86. The quantitative estimate of drug-likeness (QED) is 0.821. The van der Waals surface area contributed by atoms with Crippen molar-refractivity contribution in [3.8, 4) is 0 Å². The van der Waals surface area contributed by atoms with Crippen LogP contribution in [0, 0.1) is 6.92 Å². The van der Waals surface area contributed by atoms with Crippen LogP contribution < -0.4 is 10.9 Å². The second-order valence-electron chi connectivity index (χ2n) is 6.33. The maximum atomic E-state index is 12.6. The number of likely N-dealkylation sites (N-methyl/N-ethyl adjacent to an activating group) is 1. The highest BCUT2D eigenvalue weighted by molar-refractivity contribution is 5.75. The molecule has 3 rings (SSSR count). The summed E-state index contributed by atoms with van der Waals surface area (Å²) in [6, 6.07) is -0.202. The average molecular weight is 335 g/mol. The lowest BCUT2D eigenvalue weighted by Gasteiger charge is -2.23. The highest BCUT2D eigenvalue weighted by Gasteiger charge is 2.36. The van der Waals surface area contributed by atoms with Crippen molar-refractivity contribution in [2.45, 2.75) is 46.0 Å². The van der Waals surface area contributed by atoms with E-state index in [0.29, 0.717) is 36.8 Å². The molecule has 1 fully saturated rings. The molecule has 1 saturated heterocycles. The number of aryl methyl sites for hydroxylation is 1. The normalized spacial score (nSPS) is 23.5. The van der Waals surface area contributed by atoms with E-state index in [0.717, 1.165) is 19.6 Å². The molecule has 2 N–H and O–H groups in total. The van der Waals surface area contributed by atoms with Gasteiger partial charge in [0.2, 0.25) is 0 Å². The number of H-pyrrole nitrogens is 1. The molecular weight excluding hydrogens is 310 g/mol. The first-order valence-corrected chi connectivity index (χ1v) is 8.49. The number of hydrogen-bond acceptors (Lipinski definition) is 5. The zero-order valence-corrected chi connectivity index (χ0v) is 14.5. The second kappa shape index (κ2) is 6.90. The number of amides is 2. The third-order valence-electron chi connectivity index (χ3n) is 4.67. The Morgan fingerprint density at radius 2 is 2.17 bits per heavy atom. The summed E-state index contributed by atoms with van der Waals surface area (Å²) in [6.07, 6.45) is 0.00708. The van der Waals surface area contributed by atoms with Crippen molar-refractivity contribution < 1.29 is 9.53 Å². The Morgan fingerprint density at radius 1 is 1.38 bits per heavy atom. The van der Waals surface area contributed by atoms with Gasteiger partial charge in [0.15, 0.2) is 0 Å². The number of likely N-dealkylation sites (tertiary alicyclic amines) is 1. The van der Waals surface area contributed by atoms with Gasteiger partial charge in [-0.1, -0.05) is 6.92 Å². The van der Waals surface area contributed by atoms with Gasteiger partial charge in [-0.2, -0.15) is 0 Å². The van der Waals surface area contributed by atoms with Crippen LogP contribution in [0.3, 0.4) is 0 Å². The van der Waals surface area contributed by atoms with Crippen LogP contribution in [-0.4, -0.2) is 64.2 Å². The summed E-state index contributed by atoms with van der Waals surface area (Å²) in [5, 5.41) is 3.07. The number of carbonyl (C=O) groups excluding carboxylic acids is 1. The molecule has 1 aromatic rings. The minimum absolute atomic E-state index is 0.00708. The fraction of sp³-hybridized carbons (Fsp3) is 0.688. The Bertz CT molecular complexity index is 674. The molecule has 0 bridgehead atoms. The molecular formula is C16H25N5O3. The molecule has 0 aliphatic carbocycles. The zero-order chi connectivity index (χ0) is 17.3. The first kappa shape index (κ1) is 16.9. The molecule has 3 heterocycles. The number of rotatable bonds is 4. The highest BCUT2D eigenvalue weighted by Crippen LogP contribution is 2.19. The van der Waals surface area contributed by atoms with Crippen LogP contribution >= 0.6 is 0 Å². The molecule has 0 aromatic carbocycles. The van der Waals surface area contributed by atoms with Crippen LogP contribution in [0.25, 0.3) is 0 Å². The van der Waals surface area contributed by atoms with Crippen molar-refractivity contribution in [3.63, 3.8) is 0 Å². The van der Waals surface area contributed by atoms with E-state index >= 15 is 0 Å². The summed E-state index contributed by atoms with van der Waals surface area (Å²) in [4.78, 5) is 35.5. The summed E-state index contributed by atoms with van der Waals surface area (Å²) in [7, 11) is 0. The molecule has 0 spiro atoms. The summed E-state index contributed by atoms with van der Waals surface area (Å²) in [5.41, 5.74) is 1.12. The first-order valence-electron chi connectivity index (χ1n) is 8.49. The van der Waals surface area contributed by atoms with E-state index in [1.807, 2.05) is 6.92 Å². The third kappa shape index (κ3) is 3.29. The van der Waals surface area contributed by atoms with Crippen LogP contribution in [0.4, 0.5) is 4.79 Å². The lowest BCUT2D eigenvalue weighted by molar-refractivity contribution is 0.0539. The molecule has 1 aromatic heterocycles. The van der Waals surface area contributed by atoms with E-state index in [-0.39, 0.29) is 23.7 Å². The number of hydrogen-bond donors (Lipinski definition) is 2. The summed E-state index contributed by atoms with van der Waals surface area (Å²) >= 11 is 0. The molecule has 2 aliphatic heterocycles. The lowest BCUT2D eigenvalue weighted by Crippen LogP contribution is -2.48. The Morgan fingerprint density at radius 3 is 2.88 bits per heavy atom. The fourth-order valence-electron chi connectivity index (χ4n) is 3.42. The monoisotopic (exact) mass is 335 g/mol. The Balaban J connectivity index is 1.66. The number of aromatic nitrogens is 2. The van der Waals surface area contributed by atoms with E-state index in [1.165, 1.54) is 0 Å². The number of nitrogens with one attached hydrogen (secondary N) is 2. The molecule has 8 nitrogen and oxygen atoms in total. The van der Waals surface area contributed by atoms with Gasteiger partial charge < -0.3 is 19.9 Å². The van der Waals surface area contributed by atoms with E-state index < -0.39 is 0 Å². The number of ether oxygens (including phenoxy) is 1. The predicted octanol–water partition coefficient (Wildman–Crippen LogP) is 0.213. The van der Waals surface area contributed by atoms with Gasteiger partial charge in [0.25, 0.3) is 5.56 Å². The van der Waals surface area contributed by atoms with Crippen molar-refractivity contribution >= 4 is 6.03 Å². The standard InChI is InChI=1S/C16H25N5O3/c1-4-20-7-13(14(9-20)24-5-2)19-16(23)21-6-11-12(8-21)17-10(3)18-15(11)22/h13-14H,4-9H2,1-3H3,(H,19,23)(H,17,18,22)/t13-,14-/m0/s1. The largest absolute Gasteiger partial charge is 0.375 e. The minimum Gasteiger partial charge on any atom is -0.375 e. The first-order chi connectivity index (χ1) is 11.5. The van der Waals surface area contributed by atoms with Crippen LogP contribution in [-0.2, 0) is 17.8 Å². The van der Waals surface area contributed by atoms with Crippen molar-refractivity contribution in [1.29, 1.82) is 0 Å². The fourth-order valence-corrected chi connectivity index (χ4v) is 3.42. The van der Waals surface area contributed by atoms with Crippen LogP contribution in [0.5, 0.6) is 0 Å². The van der Waals surface area contributed by atoms with Crippen LogP contribution in [0.15, 0.2) is 4.79 Å². The number of fused-ring (bicyclic) bond motifs is 1. The summed E-state index contributed by atoms with van der Waals surface area (Å²) in [5.74, 6) is 0.576. The van der Waals surface area contributed by atoms with Crippen LogP contribution in [0.1, 0.15) is 30.9 Å². The van der Waals surface area contributed by atoms with Crippen molar-refractivity contribution in [2.24, 2.45) is 0 Å². The summed E-state index contributed by atoms with van der Waals surface area (Å²) < 4.78 is 5.77. The van der Waals surface area contributed by atoms with E-state index in [9.17, 15) is 9.59 Å². The molecule has 0 unspecified atom stereocenters. The van der Waals surface area contributed by atoms with E-state index in [2.05, 4.69) is 27.1 Å². The molecule has 132 valence electrons. The molecule has 24 heavy (non-hydrogen) atoms. The van der Waals surface area contributed by atoms with Gasteiger partial charge in [0.05, 0.1) is 36.5 Å².